The van der Waals surface area contributed by atoms with Crippen LogP contribution >= 0.6 is 0 Å². The van der Waals surface area contributed by atoms with E-state index in [2.05, 4.69) is 6.08 Å². The predicted molar refractivity (Wildman–Crippen MR) is 169 cm³/mol. The molecule has 2 aromatic rings. The molecule has 3 fully saturated rings. The number of hydrogen-bond donors (Lipinski definition) is 0. The molecule has 2 aliphatic heterocycles. The van der Waals surface area contributed by atoms with Crippen LogP contribution in [0.5, 0.6) is 0 Å². The van der Waals surface area contributed by atoms with Crippen LogP contribution < -0.4 is 0 Å². The van der Waals surface area contributed by atoms with Crippen molar-refractivity contribution in [3.8, 4) is 0 Å². The number of benzene rings is 2. The Morgan fingerprint density at radius 3 is 1.82 bits per heavy atom. The summed E-state index contributed by atoms with van der Waals surface area (Å²) in [5.41, 5.74) is -1.74. The Hall–Kier alpha value is -3.84. The van der Waals surface area contributed by atoms with Gasteiger partial charge in [-0.2, -0.15) is 0 Å². The molecule has 2 bridgehead atoms. The summed E-state index contributed by atoms with van der Waals surface area (Å²) in [7, 11) is 0. The van der Waals surface area contributed by atoms with Crippen LogP contribution in [0.1, 0.15) is 77.3 Å². The van der Waals surface area contributed by atoms with Crippen molar-refractivity contribution in [1.29, 1.82) is 0 Å². The zero-order valence-corrected chi connectivity index (χ0v) is 26.6. The van der Waals surface area contributed by atoms with E-state index in [1.54, 1.807) is 0 Å². The number of carbonyl (C=O) groups is 4. The number of Topliss-reactive ketones (excluding diaryl/α,β-unsaturated/α-hetero) is 2. The second kappa shape index (κ2) is 11.5. The zero-order chi connectivity index (χ0) is 32.0. The summed E-state index contributed by atoms with van der Waals surface area (Å²) in [5.74, 6) is -2.43. The maximum Gasteiger partial charge on any atom is 0.306 e. The Morgan fingerprint density at radius 2 is 1.33 bits per heavy atom. The van der Waals surface area contributed by atoms with Crippen LogP contribution in [0.2, 0.25) is 0 Å². The lowest BCUT2D eigenvalue weighted by Gasteiger charge is -2.69. The van der Waals surface area contributed by atoms with E-state index < -0.39 is 45.8 Å². The van der Waals surface area contributed by atoms with Crippen molar-refractivity contribution in [2.45, 2.75) is 82.8 Å². The first-order valence-corrected chi connectivity index (χ1v) is 16.4. The summed E-state index contributed by atoms with van der Waals surface area (Å²) >= 11 is 0. The molecule has 0 radical (unpaired) electrons. The van der Waals surface area contributed by atoms with Crippen molar-refractivity contribution in [3.05, 3.63) is 89.5 Å². The fourth-order valence-corrected chi connectivity index (χ4v) is 9.19. The van der Waals surface area contributed by atoms with Gasteiger partial charge in [0.2, 0.25) is 5.78 Å². The lowest BCUT2D eigenvalue weighted by Crippen LogP contribution is -2.78. The quantitative estimate of drug-likeness (QED) is 0.352. The number of carbonyl (C=O) groups excluding carboxylic acids is 4. The number of hydrogen-bond acceptors (Lipinski definition) is 7. The number of rotatable bonds is 6. The molecular formula is C38H42O7. The molecule has 236 valence electrons. The highest BCUT2D eigenvalue weighted by molar-refractivity contribution is 6.11. The van der Waals surface area contributed by atoms with Gasteiger partial charge in [0.15, 0.2) is 17.0 Å². The number of ether oxygens (including phenoxy) is 3. The fourth-order valence-electron chi connectivity index (χ4n) is 9.19. The third kappa shape index (κ3) is 4.19. The van der Waals surface area contributed by atoms with Crippen molar-refractivity contribution in [3.63, 3.8) is 0 Å². The van der Waals surface area contributed by atoms with Gasteiger partial charge in [-0.1, -0.05) is 86.7 Å². The van der Waals surface area contributed by atoms with E-state index in [9.17, 15) is 14.4 Å². The van der Waals surface area contributed by atoms with E-state index in [1.165, 1.54) is 0 Å². The zero-order valence-electron chi connectivity index (χ0n) is 26.6. The molecule has 0 amide bonds. The number of ketones is 2. The first-order valence-electron chi connectivity index (χ1n) is 16.4. The van der Waals surface area contributed by atoms with Gasteiger partial charge in [0.25, 0.3) is 0 Å². The average molecular weight is 611 g/mol. The van der Waals surface area contributed by atoms with Crippen molar-refractivity contribution >= 4 is 29.1 Å². The monoisotopic (exact) mass is 610 g/mol. The second-order valence-corrected chi connectivity index (χ2v) is 12.7. The van der Waals surface area contributed by atoms with Gasteiger partial charge in [0.1, 0.15) is 0 Å². The maximum absolute atomic E-state index is 15.1. The van der Waals surface area contributed by atoms with E-state index in [4.69, 9.17) is 14.2 Å². The molecule has 45 heavy (non-hydrogen) atoms. The minimum absolute atomic E-state index is 0.112. The van der Waals surface area contributed by atoms with Crippen molar-refractivity contribution in [1.82, 2.24) is 0 Å². The molecule has 2 aromatic carbocycles. The second-order valence-electron chi connectivity index (χ2n) is 12.7. The molecule has 0 unspecified atom stereocenters. The minimum atomic E-state index is -1.46. The third-order valence-corrected chi connectivity index (χ3v) is 10.9. The first kappa shape index (κ1) is 31.2. The Kier molecular flexibility index (Phi) is 7.97. The summed E-state index contributed by atoms with van der Waals surface area (Å²) in [6, 6.07) is 19.7. The maximum atomic E-state index is 15.1. The van der Waals surface area contributed by atoms with E-state index in [1.807, 2.05) is 94.4 Å². The van der Waals surface area contributed by atoms with Crippen molar-refractivity contribution in [2.24, 2.45) is 17.3 Å². The highest BCUT2D eigenvalue weighted by Crippen LogP contribution is 2.74. The molecule has 8 rings (SSSR count). The predicted octanol–water partition coefficient (Wildman–Crippen LogP) is 6.35. The van der Waals surface area contributed by atoms with E-state index >= 15 is 4.79 Å². The van der Waals surface area contributed by atoms with Crippen molar-refractivity contribution in [2.75, 3.05) is 13.2 Å². The highest BCUT2D eigenvalue weighted by Gasteiger charge is 2.82. The van der Waals surface area contributed by atoms with Gasteiger partial charge < -0.3 is 14.2 Å². The molecular weight excluding hydrogens is 568 g/mol. The van der Waals surface area contributed by atoms with Crippen LogP contribution in [-0.2, 0) is 38.8 Å². The molecule has 7 heteroatoms. The van der Waals surface area contributed by atoms with E-state index in [-0.39, 0.29) is 37.2 Å². The van der Waals surface area contributed by atoms with Gasteiger partial charge in [0, 0.05) is 56.1 Å². The molecule has 2 heterocycles. The normalized spacial score (nSPS) is 34.6. The van der Waals surface area contributed by atoms with Crippen LogP contribution in [0.4, 0.5) is 0 Å². The molecule has 4 aliphatic carbocycles. The largest absolute Gasteiger partial charge is 0.450 e. The van der Waals surface area contributed by atoms with E-state index in [0.29, 0.717) is 18.4 Å². The molecule has 7 nitrogen and oxygen atoms in total. The molecule has 6 aliphatic rings. The van der Waals surface area contributed by atoms with E-state index in [0.717, 1.165) is 29.9 Å². The fraction of sp³-hybridized carbons (Fsp3) is 0.474. The standard InChI is InChI=1S/C34H32O6.C4H10O/c1-3-21-19-32(23-13-9-6-10-14-23)28(34(29(21)37)18-16-26(36)40-34)27-24(22-11-7-5-8-12-22)20-31(32,4-2)30(38)33(27)17-15-25(35)39-33;1-3-5-4-2/h5-14,19-20,27-28H,3-4,15-18H2,1-2H3;3-4H2,1-2H3/t27-,28+,31-,32-,33+,34+;/m0./s1. The third-order valence-electron chi connectivity index (χ3n) is 10.9. The van der Waals surface area contributed by atoms with Gasteiger partial charge in [-0.25, -0.2) is 0 Å². The summed E-state index contributed by atoms with van der Waals surface area (Å²) in [5, 5.41) is 0. The highest BCUT2D eigenvalue weighted by atomic mass is 16.6. The molecule has 0 N–H and O–H groups in total. The van der Waals surface area contributed by atoms with Crippen LogP contribution in [0.15, 0.2) is 78.4 Å². The van der Waals surface area contributed by atoms with Gasteiger partial charge in [0.05, 0.1) is 5.41 Å². The molecule has 2 spiro atoms. The van der Waals surface area contributed by atoms with Crippen molar-refractivity contribution < 1.29 is 33.4 Å². The number of allylic oxidation sites excluding steroid dienone is 2. The molecule has 2 saturated heterocycles. The van der Waals surface area contributed by atoms with Gasteiger partial charge in [-0.3, -0.25) is 19.2 Å². The van der Waals surface area contributed by atoms with Crippen LogP contribution in [0, 0.1) is 17.3 Å². The lowest BCUT2D eigenvalue weighted by atomic mass is 9.33. The van der Waals surface area contributed by atoms with Crippen LogP contribution in [0.25, 0.3) is 5.57 Å². The van der Waals surface area contributed by atoms with Gasteiger partial charge in [-0.05, 0) is 49.0 Å². The summed E-state index contributed by atoms with van der Waals surface area (Å²) < 4.78 is 17.2. The lowest BCUT2D eigenvalue weighted by molar-refractivity contribution is -0.203. The van der Waals surface area contributed by atoms with Crippen LogP contribution in [-0.4, -0.2) is 47.9 Å². The molecule has 1 saturated carbocycles. The minimum Gasteiger partial charge on any atom is -0.450 e. The summed E-state index contributed by atoms with van der Waals surface area (Å²) in [6.45, 7) is 9.60. The Balaban J connectivity index is 0.000000664. The topological polar surface area (TPSA) is 96.0 Å². The molecule has 0 aromatic heterocycles. The number of esters is 2. The molecule has 6 atom stereocenters. The Labute approximate surface area is 265 Å². The average Bonchev–Trinajstić information content (AvgIpc) is 3.65. The smallest absolute Gasteiger partial charge is 0.306 e. The van der Waals surface area contributed by atoms with Crippen LogP contribution in [0.3, 0.4) is 0 Å². The Bertz CT molecular complexity index is 1570. The summed E-state index contributed by atoms with van der Waals surface area (Å²) in [4.78, 5) is 55.4. The Morgan fingerprint density at radius 1 is 0.756 bits per heavy atom. The SMILES string of the molecule is CCC1=C[C@]2(c3ccccc3)[C@@H]([C@@H]3C(c4ccccc4)=C[C@@]2(CC)C(=O)[C@@]32CCC(=O)O2)[C@]2(CCC(=O)O2)C1=O.CCOCC. The first-order chi connectivity index (χ1) is 21.7. The van der Waals surface area contributed by atoms with Gasteiger partial charge >= 0.3 is 11.9 Å². The van der Waals surface area contributed by atoms with Gasteiger partial charge in [-0.15, -0.1) is 0 Å². The summed E-state index contributed by atoms with van der Waals surface area (Å²) in [6.07, 6.45) is 5.75.